The highest BCUT2D eigenvalue weighted by atomic mass is 14.9. The molecule has 96 valence electrons. The van der Waals surface area contributed by atoms with Gasteiger partial charge in [0.25, 0.3) is 0 Å². The molecule has 2 heteroatoms. The fourth-order valence-corrected chi connectivity index (χ4v) is 2.40. The fraction of sp³-hybridized carbons (Fsp3) is 0.562. The lowest BCUT2D eigenvalue weighted by Crippen LogP contribution is -2.31. The summed E-state index contributed by atoms with van der Waals surface area (Å²) in [6.07, 6.45) is 5.35. The van der Waals surface area contributed by atoms with Crippen molar-refractivity contribution in [1.29, 1.82) is 5.26 Å². The van der Waals surface area contributed by atoms with Gasteiger partial charge in [0.2, 0.25) is 0 Å². The number of hydrogen-bond donors (Lipinski definition) is 1. The number of rotatable bonds is 6. The van der Waals surface area contributed by atoms with Crippen LogP contribution in [0.15, 0.2) is 24.3 Å². The van der Waals surface area contributed by atoms with E-state index in [1.54, 1.807) is 0 Å². The number of benzene rings is 1. The van der Waals surface area contributed by atoms with E-state index in [4.69, 9.17) is 5.26 Å². The Kier molecular flexibility index (Phi) is 4.38. The maximum atomic E-state index is 8.79. The van der Waals surface area contributed by atoms with Gasteiger partial charge in [0, 0.05) is 12.1 Å². The molecule has 2 atom stereocenters. The molecule has 0 heterocycles. The minimum absolute atomic E-state index is 0.362. The molecule has 1 N–H and O–H groups in total. The Morgan fingerprint density at radius 2 is 2.00 bits per heavy atom. The average Bonchev–Trinajstić information content (AvgIpc) is 3.22. The maximum absolute atomic E-state index is 8.79. The second-order valence-corrected chi connectivity index (χ2v) is 5.41. The Labute approximate surface area is 110 Å². The number of nitrogens with one attached hydrogen (secondary N) is 1. The molecule has 0 spiro atoms. The Balaban J connectivity index is 1.92. The van der Waals surface area contributed by atoms with Crippen molar-refractivity contribution in [2.75, 3.05) is 0 Å². The van der Waals surface area contributed by atoms with Crippen molar-refractivity contribution in [2.45, 2.75) is 51.6 Å². The lowest BCUT2D eigenvalue weighted by Gasteiger charge is -2.22. The SMILES string of the molecule is CCC(CC1CC1)NC(C)c1ccc(C#N)cc1. The van der Waals surface area contributed by atoms with Crippen molar-refractivity contribution in [3.63, 3.8) is 0 Å². The highest BCUT2D eigenvalue weighted by Gasteiger charge is 2.25. The standard InChI is InChI=1S/C16H22N2/c1-3-16(10-13-4-5-13)18-12(2)15-8-6-14(11-17)7-9-15/h6-9,12-13,16,18H,3-5,10H2,1-2H3. The van der Waals surface area contributed by atoms with Crippen LogP contribution in [0.2, 0.25) is 0 Å². The summed E-state index contributed by atoms with van der Waals surface area (Å²) >= 11 is 0. The van der Waals surface area contributed by atoms with Gasteiger partial charge in [-0.05, 0) is 43.4 Å². The third kappa shape index (κ3) is 3.58. The Morgan fingerprint density at radius 1 is 1.33 bits per heavy atom. The van der Waals surface area contributed by atoms with E-state index in [-0.39, 0.29) is 0 Å². The summed E-state index contributed by atoms with van der Waals surface area (Å²) < 4.78 is 0. The summed E-state index contributed by atoms with van der Waals surface area (Å²) in [5.41, 5.74) is 2.00. The van der Waals surface area contributed by atoms with Crippen molar-refractivity contribution in [2.24, 2.45) is 5.92 Å². The van der Waals surface area contributed by atoms with Crippen LogP contribution >= 0.6 is 0 Å². The van der Waals surface area contributed by atoms with Crippen molar-refractivity contribution in [1.82, 2.24) is 5.32 Å². The molecule has 0 aliphatic heterocycles. The number of nitrogens with zero attached hydrogens (tertiary/aromatic N) is 1. The van der Waals surface area contributed by atoms with Gasteiger partial charge < -0.3 is 5.32 Å². The van der Waals surface area contributed by atoms with Crippen molar-refractivity contribution >= 4 is 0 Å². The Bertz CT molecular complexity index is 412. The zero-order valence-corrected chi connectivity index (χ0v) is 11.3. The molecule has 1 aromatic rings. The smallest absolute Gasteiger partial charge is 0.0991 e. The van der Waals surface area contributed by atoms with E-state index >= 15 is 0 Å². The quantitative estimate of drug-likeness (QED) is 0.824. The molecule has 2 rings (SSSR count). The van der Waals surface area contributed by atoms with E-state index in [1.165, 1.54) is 31.2 Å². The maximum Gasteiger partial charge on any atom is 0.0991 e. The average molecular weight is 242 g/mol. The van der Waals surface area contributed by atoms with Gasteiger partial charge in [-0.15, -0.1) is 0 Å². The van der Waals surface area contributed by atoms with Gasteiger partial charge in [-0.25, -0.2) is 0 Å². The summed E-state index contributed by atoms with van der Waals surface area (Å²) in [7, 11) is 0. The number of hydrogen-bond acceptors (Lipinski definition) is 2. The van der Waals surface area contributed by atoms with Gasteiger partial charge in [0.15, 0.2) is 0 Å². The zero-order chi connectivity index (χ0) is 13.0. The Morgan fingerprint density at radius 3 is 2.50 bits per heavy atom. The highest BCUT2D eigenvalue weighted by molar-refractivity contribution is 5.32. The fourth-order valence-electron chi connectivity index (χ4n) is 2.40. The molecule has 18 heavy (non-hydrogen) atoms. The molecule has 0 aromatic heterocycles. The van der Waals surface area contributed by atoms with Crippen molar-refractivity contribution < 1.29 is 0 Å². The molecule has 1 fully saturated rings. The van der Waals surface area contributed by atoms with Gasteiger partial charge in [-0.3, -0.25) is 0 Å². The molecule has 1 aliphatic rings. The third-order valence-corrected chi connectivity index (χ3v) is 3.83. The van der Waals surface area contributed by atoms with Gasteiger partial charge in [0.05, 0.1) is 11.6 Å². The van der Waals surface area contributed by atoms with Gasteiger partial charge in [-0.2, -0.15) is 5.26 Å². The van der Waals surface area contributed by atoms with E-state index < -0.39 is 0 Å². The van der Waals surface area contributed by atoms with Crippen LogP contribution in [-0.4, -0.2) is 6.04 Å². The van der Waals surface area contributed by atoms with Crippen LogP contribution in [0.1, 0.15) is 56.7 Å². The molecule has 1 saturated carbocycles. The highest BCUT2D eigenvalue weighted by Crippen LogP contribution is 2.34. The molecule has 0 amide bonds. The second kappa shape index (κ2) is 6.02. The van der Waals surface area contributed by atoms with E-state index in [0.717, 1.165) is 11.5 Å². The molecule has 2 nitrogen and oxygen atoms in total. The first-order chi connectivity index (χ1) is 8.72. The predicted molar refractivity (Wildman–Crippen MR) is 74.1 cm³/mol. The summed E-state index contributed by atoms with van der Waals surface area (Å²) in [5, 5.41) is 12.5. The molecule has 2 unspecified atom stereocenters. The van der Waals surface area contributed by atoms with Crippen LogP contribution in [0.25, 0.3) is 0 Å². The van der Waals surface area contributed by atoms with E-state index in [2.05, 4.69) is 37.4 Å². The van der Waals surface area contributed by atoms with E-state index in [9.17, 15) is 0 Å². The first kappa shape index (κ1) is 13.1. The molecule has 1 aromatic carbocycles. The molecular weight excluding hydrogens is 220 g/mol. The van der Waals surface area contributed by atoms with Crippen molar-refractivity contribution in [3.05, 3.63) is 35.4 Å². The molecule has 0 radical (unpaired) electrons. The third-order valence-electron chi connectivity index (χ3n) is 3.83. The minimum Gasteiger partial charge on any atom is -0.307 e. The van der Waals surface area contributed by atoms with E-state index in [1.807, 2.05) is 12.1 Å². The monoisotopic (exact) mass is 242 g/mol. The van der Waals surface area contributed by atoms with Crippen LogP contribution in [-0.2, 0) is 0 Å². The first-order valence-electron chi connectivity index (χ1n) is 6.99. The van der Waals surface area contributed by atoms with Gasteiger partial charge >= 0.3 is 0 Å². The molecular formula is C16H22N2. The largest absolute Gasteiger partial charge is 0.307 e. The predicted octanol–water partition coefficient (Wildman–Crippen LogP) is 3.79. The zero-order valence-electron chi connectivity index (χ0n) is 11.3. The van der Waals surface area contributed by atoms with Crippen LogP contribution in [0.4, 0.5) is 0 Å². The normalized spacial score (nSPS) is 18.1. The first-order valence-corrected chi connectivity index (χ1v) is 6.99. The summed E-state index contributed by atoms with van der Waals surface area (Å²) in [6, 6.07) is 11.1. The molecule has 0 bridgehead atoms. The minimum atomic E-state index is 0.362. The molecule has 0 saturated heterocycles. The van der Waals surface area contributed by atoms with Crippen LogP contribution in [0, 0.1) is 17.2 Å². The van der Waals surface area contributed by atoms with Crippen LogP contribution in [0.3, 0.4) is 0 Å². The summed E-state index contributed by atoms with van der Waals surface area (Å²) in [6.45, 7) is 4.46. The summed E-state index contributed by atoms with van der Waals surface area (Å²) in [4.78, 5) is 0. The summed E-state index contributed by atoms with van der Waals surface area (Å²) in [5.74, 6) is 0.968. The van der Waals surface area contributed by atoms with Crippen LogP contribution < -0.4 is 5.32 Å². The topological polar surface area (TPSA) is 35.8 Å². The van der Waals surface area contributed by atoms with Crippen LogP contribution in [0.5, 0.6) is 0 Å². The van der Waals surface area contributed by atoms with Crippen molar-refractivity contribution in [3.8, 4) is 6.07 Å². The van der Waals surface area contributed by atoms with Gasteiger partial charge in [0.1, 0.15) is 0 Å². The lowest BCUT2D eigenvalue weighted by molar-refractivity contribution is 0.404. The lowest BCUT2D eigenvalue weighted by atomic mass is 10.0. The molecule has 1 aliphatic carbocycles. The number of nitriles is 1. The van der Waals surface area contributed by atoms with E-state index in [0.29, 0.717) is 12.1 Å². The van der Waals surface area contributed by atoms with Gasteiger partial charge in [-0.1, -0.05) is 31.9 Å². The second-order valence-electron chi connectivity index (χ2n) is 5.41. The Hall–Kier alpha value is -1.33.